The van der Waals surface area contributed by atoms with E-state index in [2.05, 4.69) is 16.4 Å². The Morgan fingerprint density at radius 1 is 1.92 bits per heavy atom. The number of carbonyl (C=O) groups is 1. The normalized spacial score (nSPS) is 9.15. The first-order valence-electron chi connectivity index (χ1n) is 3.24. The Balaban J connectivity index is 2.50. The molecule has 0 saturated carbocycles. The zero-order valence-electron chi connectivity index (χ0n) is 6.48. The smallest absolute Gasteiger partial charge is 0.347 e. The molecule has 0 atom stereocenters. The number of hydrogen-bond acceptors (Lipinski definition) is 5. The molecule has 1 aromatic heterocycles. The summed E-state index contributed by atoms with van der Waals surface area (Å²) in [6.45, 7) is 0.0992. The van der Waals surface area contributed by atoms with Gasteiger partial charge in [-0.15, -0.1) is 6.42 Å². The van der Waals surface area contributed by atoms with Crippen molar-refractivity contribution >= 4 is 22.4 Å². The third kappa shape index (κ3) is 2.74. The number of carboxylic acids is 1. The van der Waals surface area contributed by atoms with Gasteiger partial charge in [0.2, 0.25) is 5.13 Å². The van der Waals surface area contributed by atoms with Gasteiger partial charge in [-0.05, 0) is 0 Å². The van der Waals surface area contributed by atoms with Crippen LogP contribution in [0.25, 0.3) is 0 Å². The van der Waals surface area contributed by atoms with Crippen molar-refractivity contribution in [2.24, 2.45) is 0 Å². The van der Waals surface area contributed by atoms with E-state index in [4.69, 9.17) is 16.4 Å². The van der Waals surface area contributed by atoms with Crippen molar-refractivity contribution < 1.29 is 14.7 Å². The van der Waals surface area contributed by atoms with Crippen molar-refractivity contribution in [3.63, 3.8) is 0 Å². The van der Waals surface area contributed by atoms with Gasteiger partial charge in [-0.3, -0.25) is 4.84 Å². The van der Waals surface area contributed by atoms with Crippen LogP contribution in [0.4, 0.5) is 5.13 Å². The molecule has 0 saturated heterocycles. The second-order valence-electron chi connectivity index (χ2n) is 1.93. The van der Waals surface area contributed by atoms with E-state index in [1.54, 1.807) is 0 Å². The summed E-state index contributed by atoms with van der Waals surface area (Å²) < 4.78 is 0. The molecule has 0 radical (unpaired) electrons. The molecule has 0 fully saturated rings. The number of nitrogens with zero attached hydrogens (tertiary/aromatic N) is 1. The maximum absolute atomic E-state index is 10.4. The molecule has 0 aliphatic rings. The van der Waals surface area contributed by atoms with Crippen LogP contribution in [0.15, 0.2) is 6.20 Å². The minimum atomic E-state index is -1.01. The van der Waals surface area contributed by atoms with Crippen molar-refractivity contribution in [1.82, 2.24) is 4.98 Å². The van der Waals surface area contributed by atoms with Crippen LogP contribution in [-0.2, 0) is 4.84 Å². The minimum absolute atomic E-state index is 0.0992. The highest BCUT2D eigenvalue weighted by atomic mass is 32.1. The van der Waals surface area contributed by atoms with Gasteiger partial charge in [-0.2, -0.15) is 0 Å². The second-order valence-corrected chi connectivity index (χ2v) is 2.96. The molecule has 5 nitrogen and oxygen atoms in total. The van der Waals surface area contributed by atoms with Gasteiger partial charge in [0.25, 0.3) is 0 Å². The molecule has 0 spiro atoms. The Morgan fingerprint density at radius 2 is 2.69 bits per heavy atom. The van der Waals surface area contributed by atoms with Crippen LogP contribution in [0.5, 0.6) is 0 Å². The third-order valence-corrected chi connectivity index (χ3v) is 1.91. The van der Waals surface area contributed by atoms with E-state index in [0.29, 0.717) is 5.13 Å². The van der Waals surface area contributed by atoms with E-state index in [1.807, 2.05) is 0 Å². The van der Waals surface area contributed by atoms with Crippen molar-refractivity contribution in [1.29, 1.82) is 0 Å². The predicted molar refractivity (Wildman–Crippen MR) is 47.5 cm³/mol. The Labute approximate surface area is 78.3 Å². The Bertz CT molecular complexity index is 342. The van der Waals surface area contributed by atoms with Crippen LogP contribution in [0.3, 0.4) is 0 Å². The molecule has 1 heterocycles. The number of rotatable bonds is 4. The molecule has 1 aromatic rings. The average molecular weight is 198 g/mol. The summed E-state index contributed by atoms with van der Waals surface area (Å²) in [5.74, 6) is 1.23. The Hall–Kier alpha value is -1.58. The Kier molecular flexibility index (Phi) is 3.25. The quantitative estimate of drug-likeness (QED) is 0.425. The maximum Gasteiger partial charge on any atom is 0.347 e. The molecule has 0 aliphatic carbocycles. The standard InChI is InChI=1S/C7H6N2O3S/c1-2-3-12-9-7-8-4-5(13-7)6(10)11/h1,4H,3H2,(H,8,9)(H,10,11). The second kappa shape index (κ2) is 4.45. The molecule has 0 unspecified atom stereocenters. The maximum atomic E-state index is 10.4. The topological polar surface area (TPSA) is 71.5 Å². The number of terminal acetylenes is 1. The van der Waals surface area contributed by atoms with Crippen molar-refractivity contribution in [2.45, 2.75) is 0 Å². The molecule has 6 heteroatoms. The molecule has 0 aliphatic heterocycles. The van der Waals surface area contributed by atoms with Crippen LogP contribution >= 0.6 is 11.3 Å². The number of carboxylic acid groups (broad SMARTS) is 1. The van der Waals surface area contributed by atoms with Crippen molar-refractivity contribution in [3.05, 3.63) is 11.1 Å². The number of nitrogens with one attached hydrogen (secondary N) is 1. The lowest BCUT2D eigenvalue weighted by Crippen LogP contribution is -1.99. The van der Waals surface area contributed by atoms with E-state index < -0.39 is 5.97 Å². The lowest BCUT2D eigenvalue weighted by molar-refractivity contribution is 0.0702. The highest BCUT2D eigenvalue weighted by Crippen LogP contribution is 2.17. The zero-order chi connectivity index (χ0) is 9.68. The fraction of sp³-hybridized carbons (Fsp3) is 0.143. The van der Waals surface area contributed by atoms with Crippen LogP contribution < -0.4 is 5.48 Å². The van der Waals surface area contributed by atoms with Crippen LogP contribution in [-0.4, -0.2) is 22.7 Å². The molecule has 1 rings (SSSR count). The van der Waals surface area contributed by atoms with Gasteiger partial charge >= 0.3 is 5.97 Å². The predicted octanol–water partition coefficient (Wildman–Crippen LogP) is 0.818. The van der Waals surface area contributed by atoms with Gasteiger partial charge in [0.15, 0.2) is 0 Å². The summed E-state index contributed by atoms with van der Waals surface area (Å²) in [6.07, 6.45) is 6.16. The van der Waals surface area contributed by atoms with Gasteiger partial charge < -0.3 is 5.11 Å². The van der Waals surface area contributed by atoms with Crippen LogP contribution in [0.2, 0.25) is 0 Å². The van der Waals surface area contributed by atoms with E-state index >= 15 is 0 Å². The van der Waals surface area contributed by atoms with Crippen LogP contribution in [0, 0.1) is 12.3 Å². The number of anilines is 1. The van der Waals surface area contributed by atoms with Crippen molar-refractivity contribution in [3.8, 4) is 12.3 Å². The van der Waals surface area contributed by atoms with Gasteiger partial charge in [0.05, 0.1) is 6.20 Å². The number of hydrogen-bond donors (Lipinski definition) is 2. The monoisotopic (exact) mass is 198 g/mol. The van der Waals surface area contributed by atoms with Gasteiger partial charge in [0.1, 0.15) is 11.5 Å². The highest BCUT2D eigenvalue weighted by Gasteiger charge is 2.07. The molecule has 13 heavy (non-hydrogen) atoms. The third-order valence-electron chi connectivity index (χ3n) is 1.03. The lowest BCUT2D eigenvalue weighted by atomic mass is 10.6. The molecule has 0 amide bonds. The van der Waals surface area contributed by atoms with Gasteiger partial charge in [-0.25, -0.2) is 15.3 Å². The van der Waals surface area contributed by atoms with E-state index in [1.165, 1.54) is 6.20 Å². The first-order valence-corrected chi connectivity index (χ1v) is 4.06. The largest absolute Gasteiger partial charge is 0.477 e. The van der Waals surface area contributed by atoms with E-state index in [9.17, 15) is 4.79 Å². The number of aromatic carboxylic acids is 1. The molecular formula is C7H6N2O3S. The summed E-state index contributed by atoms with van der Waals surface area (Å²) in [5.41, 5.74) is 2.42. The van der Waals surface area contributed by atoms with Crippen molar-refractivity contribution in [2.75, 3.05) is 12.1 Å². The van der Waals surface area contributed by atoms with Gasteiger partial charge in [0, 0.05) is 0 Å². The Morgan fingerprint density at radius 3 is 3.23 bits per heavy atom. The summed E-state index contributed by atoms with van der Waals surface area (Å²) in [7, 11) is 0. The lowest BCUT2D eigenvalue weighted by Gasteiger charge is -1.96. The molecular weight excluding hydrogens is 192 g/mol. The molecule has 68 valence electrons. The summed E-state index contributed by atoms with van der Waals surface area (Å²) in [5, 5.41) is 8.91. The molecule has 0 aromatic carbocycles. The molecule has 2 N–H and O–H groups in total. The zero-order valence-corrected chi connectivity index (χ0v) is 7.30. The average Bonchev–Trinajstić information content (AvgIpc) is 2.53. The summed E-state index contributed by atoms with van der Waals surface area (Å²) in [4.78, 5) is 19.0. The SMILES string of the molecule is C#CCONc1ncc(C(=O)O)s1. The molecule has 0 bridgehead atoms. The summed E-state index contributed by atoms with van der Waals surface area (Å²) >= 11 is 0.976. The fourth-order valence-corrected chi connectivity index (χ4v) is 1.17. The first kappa shape index (κ1) is 9.51. The number of thiazole rings is 1. The van der Waals surface area contributed by atoms with Crippen LogP contribution in [0.1, 0.15) is 9.67 Å². The van der Waals surface area contributed by atoms with E-state index in [-0.39, 0.29) is 11.5 Å². The first-order chi connectivity index (χ1) is 6.24. The minimum Gasteiger partial charge on any atom is -0.477 e. The fourth-order valence-electron chi connectivity index (χ4n) is 0.560. The summed E-state index contributed by atoms with van der Waals surface area (Å²) in [6, 6.07) is 0. The highest BCUT2D eigenvalue weighted by molar-refractivity contribution is 7.17. The number of aromatic nitrogens is 1. The van der Waals surface area contributed by atoms with Gasteiger partial charge in [-0.1, -0.05) is 17.3 Å². The van der Waals surface area contributed by atoms with E-state index in [0.717, 1.165) is 11.3 Å².